The molecule has 7 nitrogen and oxygen atoms in total. The summed E-state index contributed by atoms with van der Waals surface area (Å²) in [4.78, 5) is 16.9. The first-order valence-corrected chi connectivity index (χ1v) is 12.3. The van der Waals surface area contributed by atoms with Gasteiger partial charge in [-0.3, -0.25) is 9.69 Å². The molecule has 168 valence electrons. The molecule has 1 heterocycles. The zero-order chi connectivity index (χ0) is 22.4. The lowest BCUT2D eigenvalue weighted by atomic mass is 10.1. The molecule has 0 aliphatic carbocycles. The topological polar surface area (TPSA) is 95.7 Å². The fourth-order valence-corrected chi connectivity index (χ4v) is 4.35. The van der Waals surface area contributed by atoms with Gasteiger partial charge in [0, 0.05) is 30.5 Å². The maximum absolute atomic E-state index is 12.5. The molecule has 1 saturated heterocycles. The molecule has 0 spiro atoms. The van der Waals surface area contributed by atoms with Crippen LogP contribution in [0.2, 0.25) is 0 Å². The minimum atomic E-state index is -3.71. The molecule has 1 amide bonds. The molecule has 2 aromatic rings. The fourth-order valence-electron chi connectivity index (χ4n) is 3.84. The normalized spacial score (nSPS) is 16.1. The number of likely N-dealkylation sites (N-methyl/N-ethyl adjacent to an activating group) is 1. The molecular formula is C23H32N4O3S. The summed E-state index contributed by atoms with van der Waals surface area (Å²) >= 11 is 0. The standard InChI is InChI=1S/C23H32N4O3S/c1-18(19-7-13-22(14-8-19)31(24,29)30)26(2)17-23(28)25-20-9-11-21(12-10-20)27-15-5-3-4-6-16-27/h7-14,18H,3-6,15-17H2,1-2H3,(H,25,28)(H2,24,29,30). The maximum atomic E-state index is 12.5. The molecule has 3 rings (SSSR count). The highest BCUT2D eigenvalue weighted by Gasteiger charge is 2.17. The van der Waals surface area contributed by atoms with Crippen molar-refractivity contribution in [2.75, 3.05) is 36.9 Å². The first kappa shape index (κ1) is 23.2. The van der Waals surface area contributed by atoms with E-state index in [0.717, 1.165) is 24.3 Å². The van der Waals surface area contributed by atoms with Crippen LogP contribution < -0.4 is 15.4 Å². The van der Waals surface area contributed by atoms with Crippen molar-refractivity contribution in [1.29, 1.82) is 0 Å². The molecule has 31 heavy (non-hydrogen) atoms. The molecule has 1 unspecified atom stereocenters. The fraction of sp³-hybridized carbons (Fsp3) is 0.435. The number of rotatable bonds is 7. The molecule has 8 heteroatoms. The Kier molecular flexibility index (Phi) is 7.69. The average molecular weight is 445 g/mol. The Labute approximate surface area is 185 Å². The number of anilines is 2. The Morgan fingerprint density at radius 3 is 2.16 bits per heavy atom. The van der Waals surface area contributed by atoms with Crippen molar-refractivity contribution in [3.05, 3.63) is 54.1 Å². The van der Waals surface area contributed by atoms with Crippen LogP contribution in [0.1, 0.15) is 44.2 Å². The van der Waals surface area contributed by atoms with Gasteiger partial charge < -0.3 is 10.2 Å². The van der Waals surface area contributed by atoms with Crippen molar-refractivity contribution in [2.45, 2.75) is 43.5 Å². The third-order valence-corrected chi connectivity index (χ3v) is 6.80. The molecule has 1 aliphatic rings. The number of primary sulfonamides is 1. The van der Waals surface area contributed by atoms with Gasteiger partial charge in [-0.05, 0) is 68.8 Å². The first-order valence-electron chi connectivity index (χ1n) is 10.7. The Hall–Kier alpha value is -2.42. The van der Waals surface area contributed by atoms with E-state index in [0.29, 0.717) is 0 Å². The molecular weight excluding hydrogens is 412 g/mol. The Balaban J connectivity index is 1.54. The largest absolute Gasteiger partial charge is 0.372 e. The van der Waals surface area contributed by atoms with Crippen LogP contribution in [-0.4, -0.2) is 45.9 Å². The summed E-state index contributed by atoms with van der Waals surface area (Å²) in [6.45, 7) is 4.36. The summed E-state index contributed by atoms with van der Waals surface area (Å²) in [6, 6.07) is 14.4. The van der Waals surface area contributed by atoms with Crippen molar-refractivity contribution in [1.82, 2.24) is 4.90 Å². The van der Waals surface area contributed by atoms with Gasteiger partial charge in [-0.2, -0.15) is 0 Å². The lowest BCUT2D eigenvalue weighted by Crippen LogP contribution is -2.32. The van der Waals surface area contributed by atoms with Gasteiger partial charge in [0.25, 0.3) is 0 Å². The number of nitrogens with two attached hydrogens (primary N) is 1. The summed E-state index contributed by atoms with van der Waals surface area (Å²) in [5.41, 5.74) is 2.89. The Bertz CT molecular complexity index is 967. The van der Waals surface area contributed by atoms with E-state index in [4.69, 9.17) is 5.14 Å². The number of benzene rings is 2. The smallest absolute Gasteiger partial charge is 0.238 e. The van der Waals surface area contributed by atoms with Crippen LogP contribution in [0, 0.1) is 0 Å². The van der Waals surface area contributed by atoms with E-state index in [2.05, 4.69) is 22.3 Å². The molecule has 1 fully saturated rings. The third-order valence-electron chi connectivity index (χ3n) is 5.87. The minimum Gasteiger partial charge on any atom is -0.372 e. The zero-order valence-electron chi connectivity index (χ0n) is 18.3. The van der Waals surface area contributed by atoms with Gasteiger partial charge in [0.2, 0.25) is 15.9 Å². The first-order chi connectivity index (χ1) is 14.7. The van der Waals surface area contributed by atoms with Crippen molar-refractivity contribution < 1.29 is 13.2 Å². The SMILES string of the molecule is CC(c1ccc(S(N)(=O)=O)cc1)N(C)CC(=O)Nc1ccc(N2CCCCCC2)cc1. The van der Waals surface area contributed by atoms with Crippen LogP contribution in [0.15, 0.2) is 53.4 Å². The van der Waals surface area contributed by atoms with E-state index in [1.165, 1.54) is 43.5 Å². The van der Waals surface area contributed by atoms with Gasteiger partial charge in [0.15, 0.2) is 0 Å². The molecule has 0 bridgehead atoms. The number of amides is 1. The summed E-state index contributed by atoms with van der Waals surface area (Å²) < 4.78 is 22.8. The summed E-state index contributed by atoms with van der Waals surface area (Å²) in [7, 11) is -1.85. The summed E-state index contributed by atoms with van der Waals surface area (Å²) in [5.74, 6) is -0.0990. The molecule has 0 saturated carbocycles. The molecule has 0 radical (unpaired) electrons. The van der Waals surface area contributed by atoms with Crippen LogP contribution in [-0.2, 0) is 14.8 Å². The second kappa shape index (κ2) is 10.3. The quantitative estimate of drug-likeness (QED) is 0.683. The molecule has 2 aromatic carbocycles. The number of nitrogens with zero attached hydrogens (tertiary/aromatic N) is 2. The van der Waals surface area contributed by atoms with Crippen LogP contribution in [0.3, 0.4) is 0 Å². The van der Waals surface area contributed by atoms with E-state index in [1.807, 2.05) is 31.0 Å². The van der Waals surface area contributed by atoms with Crippen LogP contribution in [0.4, 0.5) is 11.4 Å². The van der Waals surface area contributed by atoms with Crippen LogP contribution in [0.25, 0.3) is 0 Å². The highest BCUT2D eigenvalue weighted by molar-refractivity contribution is 7.89. The second-order valence-corrected chi connectivity index (χ2v) is 9.76. The van der Waals surface area contributed by atoms with Gasteiger partial charge in [-0.15, -0.1) is 0 Å². The molecule has 1 atom stereocenters. The minimum absolute atomic E-state index is 0.0642. The van der Waals surface area contributed by atoms with E-state index in [-0.39, 0.29) is 23.4 Å². The van der Waals surface area contributed by atoms with E-state index in [1.54, 1.807) is 12.1 Å². The maximum Gasteiger partial charge on any atom is 0.238 e. The number of carbonyl (C=O) groups excluding carboxylic acids is 1. The lowest BCUT2D eigenvalue weighted by Gasteiger charge is -2.25. The third kappa shape index (κ3) is 6.53. The molecule has 0 aromatic heterocycles. The number of nitrogens with one attached hydrogen (secondary N) is 1. The van der Waals surface area contributed by atoms with Crippen LogP contribution in [0.5, 0.6) is 0 Å². The average Bonchev–Trinajstić information content (AvgIpc) is 3.02. The van der Waals surface area contributed by atoms with E-state index >= 15 is 0 Å². The highest BCUT2D eigenvalue weighted by Crippen LogP contribution is 2.23. The van der Waals surface area contributed by atoms with Gasteiger partial charge in [0.1, 0.15) is 0 Å². The van der Waals surface area contributed by atoms with Gasteiger partial charge in [0.05, 0.1) is 11.4 Å². The van der Waals surface area contributed by atoms with Crippen molar-refractivity contribution in [2.24, 2.45) is 5.14 Å². The number of carbonyl (C=O) groups is 1. The summed E-state index contributed by atoms with van der Waals surface area (Å²) in [5, 5.41) is 8.10. The van der Waals surface area contributed by atoms with Crippen molar-refractivity contribution in [3.63, 3.8) is 0 Å². The predicted octanol–water partition coefficient (Wildman–Crippen LogP) is 3.35. The van der Waals surface area contributed by atoms with Gasteiger partial charge in [-0.1, -0.05) is 25.0 Å². The van der Waals surface area contributed by atoms with Gasteiger partial charge in [-0.25, -0.2) is 13.6 Å². The predicted molar refractivity (Wildman–Crippen MR) is 125 cm³/mol. The molecule has 3 N–H and O–H groups in total. The number of hydrogen-bond donors (Lipinski definition) is 2. The molecule has 1 aliphatic heterocycles. The number of hydrogen-bond acceptors (Lipinski definition) is 5. The Morgan fingerprint density at radius 1 is 1.03 bits per heavy atom. The van der Waals surface area contributed by atoms with Crippen molar-refractivity contribution >= 4 is 27.3 Å². The second-order valence-electron chi connectivity index (χ2n) is 8.20. The zero-order valence-corrected chi connectivity index (χ0v) is 19.1. The lowest BCUT2D eigenvalue weighted by molar-refractivity contribution is -0.117. The van der Waals surface area contributed by atoms with E-state index < -0.39 is 10.0 Å². The van der Waals surface area contributed by atoms with Crippen LogP contribution >= 0.6 is 0 Å². The van der Waals surface area contributed by atoms with Gasteiger partial charge >= 0.3 is 0 Å². The number of sulfonamides is 1. The highest BCUT2D eigenvalue weighted by atomic mass is 32.2. The van der Waals surface area contributed by atoms with E-state index in [9.17, 15) is 13.2 Å². The Morgan fingerprint density at radius 2 is 1.61 bits per heavy atom. The summed E-state index contributed by atoms with van der Waals surface area (Å²) in [6.07, 6.45) is 5.06. The monoisotopic (exact) mass is 444 g/mol. The van der Waals surface area contributed by atoms with Crippen molar-refractivity contribution in [3.8, 4) is 0 Å².